The number of hydrogen-bond acceptors (Lipinski definition) is 2. The molecule has 72 valence electrons. The van der Waals surface area contributed by atoms with Gasteiger partial charge in [0.2, 0.25) is 0 Å². The lowest BCUT2D eigenvalue weighted by molar-refractivity contribution is 1.38. The molecule has 1 rings (SSSR count). The molecule has 0 saturated carbocycles. The van der Waals surface area contributed by atoms with Crippen LogP contribution < -0.4 is 10.5 Å². The molecular formula is C8H11ClN2S2. The van der Waals surface area contributed by atoms with Crippen LogP contribution in [-0.2, 0) is 5.75 Å². The molecule has 13 heavy (non-hydrogen) atoms. The molecular weight excluding hydrogens is 224 g/mol. The zero-order valence-corrected chi connectivity index (χ0v) is 9.35. The zero-order chi connectivity index (χ0) is 8.81. The molecule has 0 amide bonds. The summed E-state index contributed by atoms with van der Waals surface area (Å²) in [5, 5.41) is 0.330. The van der Waals surface area contributed by atoms with E-state index < -0.39 is 0 Å². The molecule has 0 aromatic heterocycles. The lowest BCUT2D eigenvalue weighted by Crippen LogP contribution is -2.22. The average Bonchev–Trinajstić information content (AvgIpc) is 2.05. The SMILES string of the molecule is Cl.NC(=S)NSCc1ccccc1. The smallest absolute Gasteiger partial charge is 0.173 e. The first-order chi connectivity index (χ1) is 5.79. The summed E-state index contributed by atoms with van der Waals surface area (Å²) in [6.45, 7) is 0. The molecule has 0 unspecified atom stereocenters. The minimum atomic E-state index is 0. The summed E-state index contributed by atoms with van der Waals surface area (Å²) in [4.78, 5) is 0. The number of halogens is 1. The van der Waals surface area contributed by atoms with Crippen molar-refractivity contribution in [2.75, 3.05) is 0 Å². The number of nitrogens with one attached hydrogen (secondary N) is 1. The summed E-state index contributed by atoms with van der Waals surface area (Å²) in [7, 11) is 0. The molecule has 0 atom stereocenters. The van der Waals surface area contributed by atoms with E-state index in [2.05, 4.69) is 29.1 Å². The maximum absolute atomic E-state index is 5.26. The highest BCUT2D eigenvalue weighted by molar-refractivity contribution is 7.98. The van der Waals surface area contributed by atoms with Crippen LogP contribution in [0.5, 0.6) is 0 Å². The van der Waals surface area contributed by atoms with Crippen molar-refractivity contribution in [2.24, 2.45) is 5.73 Å². The molecule has 0 bridgehead atoms. The van der Waals surface area contributed by atoms with Crippen molar-refractivity contribution in [1.82, 2.24) is 4.72 Å². The fourth-order valence-corrected chi connectivity index (χ4v) is 1.52. The molecule has 2 nitrogen and oxygen atoms in total. The molecule has 1 aromatic carbocycles. The van der Waals surface area contributed by atoms with E-state index in [0.717, 1.165) is 5.75 Å². The molecule has 0 aliphatic carbocycles. The first-order valence-corrected chi connectivity index (χ1v) is 4.89. The third kappa shape index (κ3) is 5.74. The van der Waals surface area contributed by atoms with Gasteiger partial charge < -0.3 is 10.5 Å². The van der Waals surface area contributed by atoms with Gasteiger partial charge in [0.25, 0.3) is 0 Å². The van der Waals surface area contributed by atoms with E-state index in [-0.39, 0.29) is 12.4 Å². The predicted molar refractivity (Wildman–Crippen MR) is 64.9 cm³/mol. The Labute approximate surface area is 93.8 Å². The first-order valence-electron chi connectivity index (χ1n) is 3.50. The van der Waals surface area contributed by atoms with E-state index in [0.29, 0.717) is 5.11 Å². The minimum Gasteiger partial charge on any atom is -0.376 e. The monoisotopic (exact) mass is 234 g/mol. The van der Waals surface area contributed by atoms with Gasteiger partial charge in [-0.2, -0.15) is 0 Å². The van der Waals surface area contributed by atoms with Crippen molar-refractivity contribution in [3.63, 3.8) is 0 Å². The summed E-state index contributed by atoms with van der Waals surface area (Å²) >= 11 is 6.15. The molecule has 0 aliphatic heterocycles. The van der Waals surface area contributed by atoms with Crippen molar-refractivity contribution < 1.29 is 0 Å². The summed E-state index contributed by atoms with van der Waals surface area (Å²) in [6.07, 6.45) is 0. The van der Waals surface area contributed by atoms with Crippen molar-refractivity contribution >= 4 is 41.7 Å². The van der Waals surface area contributed by atoms with Crippen molar-refractivity contribution in [3.8, 4) is 0 Å². The Morgan fingerprint density at radius 2 is 2.00 bits per heavy atom. The summed E-state index contributed by atoms with van der Waals surface area (Å²) in [5.41, 5.74) is 6.51. The van der Waals surface area contributed by atoms with Gasteiger partial charge in [-0.05, 0) is 29.7 Å². The molecule has 0 spiro atoms. The van der Waals surface area contributed by atoms with Gasteiger partial charge in [0.1, 0.15) is 0 Å². The summed E-state index contributed by atoms with van der Waals surface area (Å²) in [5.74, 6) is 0.873. The highest BCUT2D eigenvalue weighted by Crippen LogP contribution is 2.07. The lowest BCUT2D eigenvalue weighted by atomic mass is 10.2. The van der Waals surface area contributed by atoms with E-state index in [1.54, 1.807) is 0 Å². The van der Waals surface area contributed by atoms with Crippen LogP contribution in [0.2, 0.25) is 0 Å². The predicted octanol–water partition coefficient (Wildman–Crippen LogP) is 2.09. The maximum Gasteiger partial charge on any atom is 0.173 e. The van der Waals surface area contributed by atoms with Gasteiger partial charge in [-0.1, -0.05) is 30.3 Å². The fourth-order valence-electron chi connectivity index (χ4n) is 0.765. The number of hydrogen-bond donors (Lipinski definition) is 2. The summed E-state index contributed by atoms with van der Waals surface area (Å²) < 4.78 is 2.82. The first kappa shape index (κ1) is 12.6. The normalized spacial score (nSPS) is 8.62. The molecule has 0 fully saturated rings. The standard InChI is InChI=1S/C8H10N2S2.ClH/c9-8(11)10-12-6-7-4-2-1-3-5-7;/h1-5H,6H2,(H3,9,10,11);1H. The van der Waals surface area contributed by atoms with E-state index in [1.807, 2.05) is 18.2 Å². The molecule has 5 heteroatoms. The van der Waals surface area contributed by atoms with Crippen LogP contribution in [0.1, 0.15) is 5.56 Å². The summed E-state index contributed by atoms with van der Waals surface area (Å²) in [6, 6.07) is 10.1. The van der Waals surface area contributed by atoms with Crippen LogP contribution in [0.3, 0.4) is 0 Å². The minimum absolute atomic E-state index is 0. The van der Waals surface area contributed by atoms with Gasteiger partial charge in [0, 0.05) is 5.75 Å². The van der Waals surface area contributed by atoms with Crippen LogP contribution in [0.15, 0.2) is 30.3 Å². The molecule has 0 heterocycles. The number of rotatable bonds is 3. The van der Waals surface area contributed by atoms with Crippen LogP contribution in [-0.4, -0.2) is 5.11 Å². The Balaban J connectivity index is 0.00000144. The number of thiocarbonyl (C=S) groups is 1. The Kier molecular flexibility index (Phi) is 6.76. The molecule has 0 saturated heterocycles. The van der Waals surface area contributed by atoms with Gasteiger partial charge in [-0.3, -0.25) is 0 Å². The van der Waals surface area contributed by atoms with Gasteiger partial charge >= 0.3 is 0 Å². The quantitative estimate of drug-likeness (QED) is 0.621. The van der Waals surface area contributed by atoms with Crippen LogP contribution in [0.4, 0.5) is 0 Å². The second-order valence-corrected chi connectivity index (χ2v) is 3.46. The average molecular weight is 235 g/mol. The van der Waals surface area contributed by atoms with Gasteiger partial charge in [-0.25, -0.2) is 0 Å². The van der Waals surface area contributed by atoms with Crippen LogP contribution >= 0.6 is 36.6 Å². The van der Waals surface area contributed by atoms with Crippen molar-refractivity contribution in [2.45, 2.75) is 5.75 Å². The van der Waals surface area contributed by atoms with E-state index in [1.165, 1.54) is 17.5 Å². The van der Waals surface area contributed by atoms with Gasteiger partial charge in [0.05, 0.1) is 0 Å². The highest BCUT2D eigenvalue weighted by Gasteiger charge is 1.91. The lowest BCUT2D eigenvalue weighted by Gasteiger charge is -2.01. The Hall–Kier alpha value is -0.450. The molecule has 0 aliphatic rings. The third-order valence-electron chi connectivity index (χ3n) is 1.25. The van der Waals surface area contributed by atoms with E-state index >= 15 is 0 Å². The Morgan fingerprint density at radius 1 is 1.38 bits per heavy atom. The topological polar surface area (TPSA) is 38.0 Å². The Bertz CT molecular complexity index is 254. The van der Waals surface area contributed by atoms with Gasteiger partial charge in [0.15, 0.2) is 5.11 Å². The largest absolute Gasteiger partial charge is 0.376 e. The number of benzene rings is 1. The van der Waals surface area contributed by atoms with Crippen molar-refractivity contribution in [1.29, 1.82) is 0 Å². The highest BCUT2D eigenvalue weighted by atomic mass is 35.5. The second kappa shape index (κ2) is 7.00. The van der Waals surface area contributed by atoms with E-state index in [4.69, 9.17) is 5.73 Å². The molecule has 3 N–H and O–H groups in total. The second-order valence-electron chi connectivity index (χ2n) is 2.24. The maximum atomic E-state index is 5.26. The third-order valence-corrected chi connectivity index (χ3v) is 2.33. The van der Waals surface area contributed by atoms with Crippen LogP contribution in [0.25, 0.3) is 0 Å². The van der Waals surface area contributed by atoms with E-state index in [9.17, 15) is 0 Å². The Morgan fingerprint density at radius 3 is 2.54 bits per heavy atom. The van der Waals surface area contributed by atoms with Crippen molar-refractivity contribution in [3.05, 3.63) is 35.9 Å². The van der Waals surface area contributed by atoms with Gasteiger partial charge in [-0.15, -0.1) is 12.4 Å². The molecule has 0 radical (unpaired) electrons. The molecule has 1 aromatic rings. The fraction of sp³-hybridized carbons (Fsp3) is 0.125. The van der Waals surface area contributed by atoms with Crippen LogP contribution in [0, 0.1) is 0 Å². The zero-order valence-electron chi connectivity index (χ0n) is 6.90. The number of nitrogens with two attached hydrogens (primary N) is 1.